The first-order chi connectivity index (χ1) is 7.56. The summed E-state index contributed by atoms with van der Waals surface area (Å²) in [6, 6.07) is 1.49. The number of carbonyl (C=O) groups is 1. The third-order valence-electron chi connectivity index (χ3n) is 2.73. The summed E-state index contributed by atoms with van der Waals surface area (Å²) in [5.74, 6) is 0.148. The van der Waals surface area contributed by atoms with Crippen LogP contribution in [0.2, 0.25) is 10.2 Å². The minimum atomic E-state index is -0.227. The Bertz CT molecular complexity index is 380. The smallest absolute Gasteiger partial charge is 0.267 e. The van der Waals surface area contributed by atoms with Gasteiger partial charge in [-0.1, -0.05) is 23.2 Å². The average molecular weight is 263 g/mol. The van der Waals surface area contributed by atoms with E-state index in [0.717, 1.165) is 12.8 Å². The number of rotatable bonds is 3. The molecule has 0 saturated heterocycles. The van der Waals surface area contributed by atoms with Crippen LogP contribution < -0.4 is 5.32 Å². The van der Waals surface area contributed by atoms with Crippen molar-refractivity contribution in [2.75, 3.05) is 6.54 Å². The summed E-state index contributed by atoms with van der Waals surface area (Å²) >= 11 is 11.4. The van der Waals surface area contributed by atoms with Crippen molar-refractivity contribution in [2.24, 2.45) is 5.92 Å². The van der Waals surface area contributed by atoms with Crippen molar-refractivity contribution in [3.05, 3.63) is 21.9 Å². The molecule has 1 aromatic rings. The Morgan fingerprint density at radius 3 is 2.75 bits per heavy atom. The summed E-state index contributed by atoms with van der Waals surface area (Å²) in [5.41, 5.74) is 0.356. The summed E-state index contributed by atoms with van der Waals surface area (Å²) in [4.78, 5) is 14.3. The summed E-state index contributed by atoms with van der Waals surface area (Å²) in [5, 5.41) is 12.5. The molecular formula is C10H12Cl2N2O2. The number of nitrogens with one attached hydrogen (secondary N) is 2. The van der Waals surface area contributed by atoms with Crippen LogP contribution in [0.15, 0.2) is 6.07 Å². The Hall–Kier alpha value is -0.710. The molecule has 0 aromatic carbocycles. The molecule has 0 unspecified atom stereocenters. The van der Waals surface area contributed by atoms with Gasteiger partial charge in [-0.25, -0.2) is 0 Å². The number of hydrogen-bond donors (Lipinski definition) is 3. The van der Waals surface area contributed by atoms with Gasteiger partial charge in [-0.15, -0.1) is 0 Å². The number of carbonyl (C=O) groups excluding carboxylic acids is 1. The highest BCUT2D eigenvalue weighted by molar-refractivity contribution is 6.41. The van der Waals surface area contributed by atoms with Gasteiger partial charge in [-0.2, -0.15) is 0 Å². The highest BCUT2D eigenvalue weighted by Crippen LogP contribution is 2.26. The molecule has 0 radical (unpaired) electrons. The van der Waals surface area contributed by atoms with Crippen LogP contribution in [0.5, 0.6) is 0 Å². The van der Waals surface area contributed by atoms with Crippen LogP contribution in [0.25, 0.3) is 0 Å². The Balaban J connectivity index is 1.84. The number of aromatic amines is 1. The fourth-order valence-electron chi connectivity index (χ4n) is 1.73. The maximum Gasteiger partial charge on any atom is 0.267 e. The number of H-pyrrole nitrogens is 1. The van der Waals surface area contributed by atoms with Crippen molar-refractivity contribution >= 4 is 29.1 Å². The van der Waals surface area contributed by atoms with Gasteiger partial charge in [0, 0.05) is 6.54 Å². The van der Waals surface area contributed by atoms with E-state index in [1.165, 1.54) is 6.07 Å². The average Bonchev–Trinajstić information content (AvgIpc) is 2.52. The molecule has 0 atom stereocenters. The second kappa shape index (κ2) is 4.65. The van der Waals surface area contributed by atoms with Gasteiger partial charge in [0.15, 0.2) is 0 Å². The van der Waals surface area contributed by atoms with E-state index in [1.807, 2.05) is 0 Å². The molecule has 1 aromatic heterocycles. The van der Waals surface area contributed by atoms with Crippen LogP contribution in [0, 0.1) is 5.92 Å². The first-order valence-electron chi connectivity index (χ1n) is 5.06. The molecule has 0 aliphatic heterocycles. The molecule has 4 nitrogen and oxygen atoms in total. The fraction of sp³-hybridized carbons (Fsp3) is 0.500. The quantitative estimate of drug-likeness (QED) is 0.778. The monoisotopic (exact) mass is 262 g/mol. The molecule has 6 heteroatoms. The lowest BCUT2D eigenvalue weighted by Crippen LogP contribution is -2.38. The zero-order chi connectivity index (χ0) is 11.7. The molecule has 88 valence electrons. The SMILES string of the molecule is O=C(NCC1CC(O)C1)c1cc(Cl)c(Cl)[nH]1. The largest absolute Gasteiger partial charge is 0.393 e. The minimum Gasteiger partial charge on any atom is -0.393 e. The van der Waals surface area contributed by atoms with Gasteiger partial charge in [0.2, 0.25) is 0 Å². The molecule has 1 saturated carbocycles. The number of aliphatic hydroxyl groups excluding tert-OH is 1. The van der Waals surface area contributed by atoms with Gasteiger partial charge in [0.25, 0.3) is 5.91 Å². The first-order valence-corrected chi connectivity index (χ1v) is 5.82. The Labute approximate surface area is 103 Å². The predicted molar refractivity (Wildman–Crippen MR) is 61.9 cm³/mol. The van der Waals surface area contributed by atoms with E-state index in [2.05, 4.69) is 10.3 Å². The van der Waals surface area contributed by atoms with E-state index in [-0.39, 0.29) is 17.2 Å². The van der Waals surface area contributed by atoms with Crippen molar-refractivity contribution in [3.8, 4) is 0 Å². The van der Waals surface area contributed by atoms with Crippen LogP contribution in [-0.4, -0.2) is 28.6 Å². The van der Waals surface area contributed by atoms with Crippen LogP contribution in [0.3, 0.4) is 0 Å². The number of amides is 1. The number of aliphatic hydroxyl groups is 1. The zero-order valence-corrected chi connectivity index (χ0v) is 9.98. The fourth-order valence-corrected chi connectivity index (χ4v) is 2.04. The summed E-state index contributed by atoms with van der Waals surface area (Å²) in [6.45, 7) is 0.574. The highest BCUT2D eigenvalue weighted by Gasteiger charge is 2.27. The van der Waals surface area contributed by atoms with Gasteiger partial charge in [-0.3, -0.25) is 4.79 Å². The van der Waals surface area contributed by atoms with E-state index in [1.54, 1.807) is 0 Å². The van der Waals surface area contributed by atoms with Gasteiger partial charge in [0.1, 0.15) is 10.8 Å². The second-order valence-electron chi connectivity index (χ2n) is 4.05. The van der Waals surface area contributed by atoms with E-state index in [0.29, 0.717) is 23.2 Å². The Morgan fingerprint density at radius 1 is 1.56 bits per heavy atom. The molecule has 1 heterocycles. The molecular weight excluding hydrogens is 251 g/mol. The van der Waals surface area contributed by atoms with Gasteiger partial charge in [-0.05, 0) is 24.8 Å². The second-order valence-corrected chi connectivity index (χ2v) is 4.83. The van der Waals surface area contributed by atoms with Gasteiger partial charge < -0.3 is 15.4 Å². The third kappa shape index (κ3) is 2.51. The summed E-state index contributed by atoms with van der Waals surface area (Å²) in [7, 11) is 0. The van der Waals surface area contributed by atoms with Gasteiger partial charge in [0.05, 0.1) is 11.1 Å². The van der Waals surface area contributed by atoms with Gasteiger partial charge >= 0.3 is 0 Å². The molecule has 1 aliphatic carbocycles. The van der Waals surface area contributed by atoms with Crippen molar-refractivity contribution < 1.29 is 9.90 Å². The van der Waals surface area contributed by atoms with Crippen molar-refractivity contribution in [2.45, 2.75) is 18.9 Å². The topological polar surface area (TPSA) is 65.1 Å². The van der Waals surface area contributed by atoms with Crippen LogP contribution in [-0.2, 0) is 0 Å². The normalized spacial score (nSPS) is 23.9. The Kier molecular flexibility index (Phi) is 3.42. The standard InChI is InChI=1S/C10H12Cl2N2O2/c11-7-3-8(14-9(7)12)10(16)13-4-5-1-6(15)2-5/h3,5-6,14-15H,1-2,4H2,(H,13,16). The lowest BCUT2D eigenvalue weighted by Gasteiger charge is -2.31. The van der Waals surface area contributed by atoms with Crippen LogP contribution in [0.4, 0.5) is 0 Å². The number of hydrogen-bond acceptors (Lipinski definition) is 2. The maximum absolute atomic E-state index is 11.6. The molecule has 0 spiro atoms. The van der Waals surface area contributed by atoms with E-state index in [9.17, 15) is 4.79 Å². The molecule has 0 bridgehead atoms. The van der Waals surface area contributed by atoms with Crippen molar-refractivity contribution in [3.63, 3.8) is 0 Å². The summed E-state index contributed by atoms with van der Waals surface area (Å²) < 4.78 is 0. The Morgan fingerprint density at radius 2 is 2.25 bits per heavy atom. The zero-order valence-electron chi connectivity index (χ0n) is 8.46. The predicted octanol–water partition coefficient (Wildman–Crippen LogP) is 1.82. The van der Waals surface area contributed by atoms with Crippen LogP contribution in [0.1, 0.15) is 23.3 Å². The molecule has 16 heavy (non-hydrogen) atoms. The molecule has 2 rings (SSSR count). The lowest BCUT2D eigenvalue weighted by atomic mass is 9.82. The lowest BCUT2D eigenvalue weighted by molar-refractivity contribution is 0.0420. The first kappa shape index (κ1) is 11.8. The molecule has 3 N–H and O–H groups in total. The van der Waals surface area contributed by atoms with Crippen LogP contribution >= 0.6 is 23.2 Å². The number of aromatic nitrogens is 1. The van der Waals surface area contributed by atoms with E-state index in [4.69, 9.17) is 28.3 Å². The van der Waals surface area contributed by atoms with E-state index >= 15 is 0 Å². The number of halogens is 2. The highest BCUT2D eigenvalue weighted by atomic mass is 35.5. The molecule has 1 fully saturated rings. The van der Waals surface area contributed by atoms with Crippen molar-refractivity contribution in [1.29, 1.82) is 0 Å². The van der Waals surface area contributed by atoms with Crippen molar-refractivity contribution in [1.82, 2.24) is 10.3 Å². The molecule has 1 aliphatic rings. The maximum atomic E-state index is 11.6. The third-order valence-corrected chi connectivity index (χ3v) is 3.42. The summed E-state index contributed by atoms with van der Waals surface area (Å²) in [6.07, 6.45) is 1.32. The molecule has 1 amide bonds. The minimum absolute atomic E-state index is 0.198. The van der Waals surface area contributed by atoms with E-state index < -0.39 is 0 Å².